The molecule has 0 aliphatic carbocycles. The van der Waals surface area contributed by atoms with Crippen molar-refractivity contribution in [1.29, 1.82) is 0 Å². The molecule has 6 nitrogen and oxygen atoms in total. The molecule has 0 aliphatic rings. The highest BCUT2D eigenvalue weighted by Gasteiger charge is 2.17. The lowest BCUT2D eigenvalue weighted by molar-refractivity contribution is -0.115. The van der Waals surface area contributed by atoms with Crippen LogP contribution in [0.2, 0.25) is 0 Å². The van der Waals surface area contributed by atoms with Gasteiger partial charge in [0.25, 0.3) is 0 Å². The Kier molecular flexibility index (Phi) is 5.68. The van der Waals surface area contributed by atoms with Gasteiger partial charge in [-0.1, -0.05) is 36.4 Å². The minimum atomic E-state index is -0.227. The second kappa shape index (κ2) is 8.14. The summed E-state index contributed by atoms with van der Waals surface area (Å²) in [6.07, 6.45) is 0. The number of thioether (sulfide) groups is 1. The summed E-state index contributed by atoms with van der Waals surface area (Å²) in [6.45, 7) is 5.88. The van der Waals surface area contributed by atoms with Crippen LogP contribution in [0.4, 0.5) is 5.69 Å². The van der Waals surface area contributed by atoms with Crippen LogP contribution in [-0.4, -0.2) is 31.4 Å². The number of nitrogens with one attached hydrogen (secondary N) is 1. The van der Waals surface area contributed by atoms with Crippen molar-refractivity contribution in [2.24, 2.45) is 0 Å². The van der Waals surface area contributed by atoms with Gasteiger partial charge in [-0.2, -0.15) is 4.68 Å². The van der Waals surface area contributed by atoms with Gasteiger partial charge in [-0.15, -0.1) is 16.9 Å². The van der Waals surface area contributed by atoms with Gasteiger partial charge < -0.3 is 5.32 Å². The number of hydrogen-bond acceptors (Lipinski definition) is 5. The average molecular weight is 367 g/mol. The second-order valence-corrected chi connectivity index (χ2v) is 7.38. The van der Waals surface area contributed by atoms with Gasteiger partial charge in [-0.3, -0.25) is 4.79 Å². The molecule has 26 heavy (non-hydrogen) atoms. The van der Waals surface area contributed by atoms with Crippen LogP contribution in [0.3, 0.4) is 0 Å². The summed E-state index contributed by atoms with van der Waals surface area (Å²) in [5, 5.41) is 14.7. The molecule has 1 unspecified atom stereocenters. The fourth-order valence-corrected chi connectivity index (χ4v) is 3.37. The Balaban J connectivity index is 1.64. The standard InChI is InChI=1S/C19H21N5OS/c1-13-8-7-9-14(2)18(13)20-19(25)15(3)26-12-17-21-22-23-24(17)16-10-5-4-6-11-16/h4-11,15H,12H2,1-3H3,(H,20,25). The molecule has 1 heterocycles. The first-order valence-electron chi connectivity index (χ1n) is 8.37. The third-order valence-corrected chi connectivity index (χ3v) is 5.23. The number of carbonyl (C=O) groups excluding carboxylic acids is 1. The van der Waals surface area contributed by atoms with Crippen LogP contribution in [0.1, 0.15) is 23.9 Å². The molecule has 0 bridgehead atoms. The molecular formula is C19H21N5OS. The molecule has 0 radical (unpaired) electrons. The fraction of sp³-hybridized carbons (Fsp3) is 0.263. The van der Waals surface area contributed by atoms with Gasteiger partial charge in [-0.05, 0) is 54.5 Å². The molecular weight excluding hydrogens is 346 g/mol. The van der Waals surface area contributed by atoms with Gasteiger partial charge in [-0.25, -0.2) is 0 Å². The van der Waals surface area contributed by atoms with E-state index < -0.39 is 0 Å². The maximum Gasteiger partial charge on any atom is 0.237 e. The van der Waals surface area contributed by atoms with E-state index in [9.17, 15) is 4.79 Å². The van der Waals surface area contributed by atoms with Gasteiger partial charge in [0.05, 0.1) is 16.7 Å². The quantitative estimate of drug-likeness (QED) is 0.721. The van der Waals surface area contributed by atoms with E-state index in [1.807, 2.05) is 69.3 Å². The van der Waals surface area contributed by atoms with Crippen LogP contribution in [0.15, 0.2) is 48.5 Å². The summed E-state index contributed by atoms with van der Waals surface area (Å²) >= 11 is 1.51. The predicted octanol–water partition coefficient (Wildman–Crippen LogP) is 3.54. The number of nitrogens with zero attached hydrogens (tertiary/aromatic N) is 4. The second-order valence-electron chi connectivity index (χ2n) is 6.05. The zero-order valence-electron chi connectivity index (χ0n) is 15.0. The van der Waals surface area contributed by atoms with Crippen LogP contribution in [0, 0.1) is 13.8 Å². The van der Waals surface area contributed by atoms with E-state index in [0.29, 0.717) is 11.6 Å². The predicted molar refractivity (Wildman–Crippen MR) is 104 cm³/mol. The van der Waals surface area contributed by atoms with Crippen molar-refractivity contribution >= 4 is 23.4 Å². The van der Waals surface area contributed by atoms with Crippen molar-refractivity contribution < 1.29 is 4.79 Å². The number of amides is 1. The molecule has 0 spiro atoms. The number of hydrogen-bond donors (Lipinski definition) is 1. The Labute approximate surface area is 157 Å². The monoisotopic (exact) mass is 367 g/mol. The van der Waals surface area contributed by atoms with Crippen molar-refractivity contribution in [1.82, 2.24) is 20.2 Å². The highest BCUT2D eigenvalue weighted by atomic mass is 32.2. The number of aromatic nitrogens is 4. The largest absolute Gasteiger partial charge is 0.325 e. The minimum Gasteiger partial charge on any atom is -0.325 e. The van der Waals surface area contributed by atoms with Crippen LogP contribution in [0.5, 0.6) is 0 Å². The van der Waals surface area contributed by atoms with E-state index in [0.717, 1.165) is 22.5 Å². The molecule has 3 rings (SSSR count). The maximum atomic E-state index is 12.5. The summed E-state index contributed by atoms with van der Waals surface area (Å²) in [5.41, 5.74) is 3.91. The molecule has 0 fully saturated rings. The molecule has 7 heteroatoms. The molecule has 3 aromatic rings. The summed E-state index contributed by atoms with van der Waals surface area (Å²) in [4.78, 5) is 12.5. The normalized spacial score (nSPS) is 12.0. The summed E-state index contributed by atoms with van der Waals surface area (Å²) < 4.78 is 1.70. The van der Waals surface area contributed by atoms with Gasteiger partial charge in [0.15, 0.2) is 5.82 Å². The molecule has 1 amide bonds. The topological polar surface area (TPSA) is 72.7 Å². The zero-order chi connectivity index (χ0) is 18.5. The Bertz CT molecular complexity index is 874. The van der Waals surface area contributed by atoms with Crippen molar-refractivity contribution in [3.05, 3.63) is 65.5 Å². The van der Waals surface area contributed by atoms with Gasteiger partial charge in [0, 0.05) is 5.69 Å². The number of rotatable bonds is 6. The first-order chi connectivity index (χ1) is 12.6. The molecule has 0 saturated carbocycles. The number of anilines is 1. The Morgan fingerprint density at radius 1 is 1.12 bits per heavy atom. The van der Waals surface area contributed by atoms with Crippen molar-refractivity contribution in [3.63, 3.8) is 0 Å². The Morgan fingerprint density at radius 3 is 2.50 bits per heavy atom. The molecule has 134 valence electrons. The lowest BCUT2D eigenvalue weighted by atomic mass is 10.1. The van der Waals surface area contributed by atoms with E-state index in [4.69, 9.17) is 0 Å². The third kappa shape index (κ3) is 4.11. The first kappa shape index (κ1) is 18.1. The average Bonchev–Trinajstić information content (AvgIpc) is 3.12. The van der Waals surface area contributed by atoms with E-state index in [-0.39, 0.29) is 11.2 Å². The van der Waals surface area contributed by atoms with Crippen LogP contribution in [0.25, 0.3) is 5.69 Å². The molecule has 2 aromatic carbocycles. The van der Waals surface area contributed by atoms with Gasteiger partial charge >= 0.3 is 0 Å². The van der Waals surface area contributed by atoms with E-state index in [1.165, 1.54) is 11.8 Å². The first-order valence-corrected chi connectivity index (χ1v) is 9.42. The fourth-order valence-electron chi connectivity index (χ4n) is 2.58. The van der Waals surface area contributed by atoms with Crippen molar-refractivity contribution in [2.45, 2.75) is 31.8 Å². The highest BCUT2D eigenvalue weighted by Crippen LogP contribution is 2.23. The van der Waals surface area contributed by atoms with E-state index in [1.54, 1.807) is 4.68 Å². The third-order valence-electron chi connectivity index (χ3n) is 4.10. The number of para-hydroxylation sites is 2. The minimum absolute atomic E-state index is 0.0221. The Hall–Kier alpha value is -2.67. The molecule has 1 N–H and O–H groups in total. The molecule has 1 aromatic heterocycles. The number of benzene rings is 2. The van der Waals surface area contributed by atoms with Crippen molar-refractivity contribution in [3.8, 4) is 5.69 Å². The highest BCUT2D eigenvalue weighted by molar-refractivity contribution is 7.99. The lowest BCUT2D eigenvalue weighted by Crippen LogP contribution is -2.23. The number of aryl methyl sites for hydroxylation is 2. The van der Waals surface area contributed by atoms with Crippen LogP contribution >= 0.6 is 11.8 Å². The summed E-state index contributed by atoms with van der Waals surface area (Å²) in [7, 11) is 0. The maximum absolute atomic E-state index is 12.5. The smallest absolute Gasteiger partial charge is 0.237 e. The van der Waals surface area contributed by atoms with E-state index >= 15 is 0 Å². The van der Waals surface area contributed by atoms with Crippen molar-refractivity contribution in [2.75, 3.05) is 5.32 Å². The number of tetrazole rings is 1. The summed E-state index contributed by atoms with van der Waals surface area (Å²) in [6, 6.07) is 15.7. The molecule has 1 atom stereocenters. The zero-order valence-corrected chi connectivity index (χ0v) is 15.8. The van der Waals surface area contributed by atoms with Gasteiger partial charge in [0.1, 0.15) is 0 Å². The molecule has 0 aliphatic heterocycles. The lowest BCUT2D eigenvalue weighted by Gasteiger charge is -2.15. The molecule has 0 saturated heterocycles. The van der Waals surface area contributed by atoms with Gasteiger partial charge in [0.2, 0.25) is 5.91 Å². The van der Waals surface area contributed by atoms with Crippen LogP contribution < -0.4 is 5.32 Å². The van der Waals surface area contributed by atoms with Crippen LogP contribution in [-0.2, 0) is 10.5 Å². The number of carbonyl (C=O) groups is 1. The Morgan fingerprint density at radius 2 is 1.81 bits per heavy atom. The summed E-state index contributed by atoms with van der Waals surface area (Å²) in [5.74, 6) is 1.24. The van der Waals surface area contributed by atoms with E-state index in [2.05, 4.69) is 20.8 Å². The SMILES string of the molecule is Cc1cccc(C)c1NC(=O)C(C)SCc1nnnn1-c1ccccc1.